The molecule has 2 heterocycles. The SMILES string of the molecule is O=C(C1CCCC1)N1CC[C@@H](N[C@H]2CCCc3sccc32)C1. The molecule has 1 saturated heterocycles. The molecule has 1 aromatic rings. The number of carbonyl (C=O) groups is 1. The van der Waals surface area contributed by atoms with Crippen molar-refractivity contribution in [2.45, 2.75) is 63.5 Å². The van der Waals surface area contributed by atoms with Crippen LogP contribution < -0.4 is 5.32 Å². The Balaban J connectivity index is 1.35. The smallest absolute Gasteiger partial charge is 0.225 e. The van der Waals surface area contributed by atoms with Gasteiger partial charge in [-0.2, -0.15) is 0 Å². The van der Waals surface area contributed by atoms with Crippen molar-refractivity contribution in [1.29, 1.82) is 0 Å². The highest BCUT2D eigenvalue weighted by Gasteiger charge is 2.33. The van der Waals surface area contributed by atoms with Crippen molar-refractivity contribution in [2.24, 2.45) is 5.92 Å². The van der Waals surface area contributed by atoms with E-state index in [4.69, 9.17) is 0 Å². The summed E-state index contributed by atoms with van der Waals surface area (Å²) in [6.45, 7) is 1.88. The maximum atomic E-state index is 12.5. The summed E-state index contributed by atoms with van der Waals surface area (Å²) >= 11 is 1.90. The van der Waals surface area contributed by atoms with Crippen LogP contribution in [0.25, 0.3) is 0 Å². The van der Waals surface area contributed by atoms with E-state index in [9.17, 15) is 4.79 Å². The number of amides is 1. The van der Waals surface area contributed by atoms with E-state index < -0.39 is 0 Å². The second-order valence-corrected chi connectivity index (χ2v) is 8.16. The zero-order valence-corrected chi connectivity index (χ0v) is 14.0. The fraction of sp³-hybridized carbons (Fsp3) is 0.722. The Bertz CT molecular complexity index is 535. The number of rotatable bonds is 3. The van der Waals surface area contributed by atoms with Gasteiger partial charge >= 0.3 is 0 Å². The lowest BCUT2D eigenvalue weighted by Crippen LogP contribution is -2.39. The van der Waals surface area contributed by atoms with E-state index in [-0.39, 0.29) is 0 Å². The topological polar surface area (TPSA) is 32.3 Å². The molecule has 2 aliphatic carbocycles. The maximum absolute atomic E-state index is 12.5. The highest BCUT2D eigenvalue weighted by molar-refractivity contribution is 7.10. The first-order chi connectivity index (χ1) is 10.8. The Morgan fingerprint density at radius 1 is 1.18 bits per heavy atom. The van der Waals surface area contributed by atoms with Crippen molar-refractivity contribution in [1.82, 2.24) is 10.2 Å². The van der Waals surface area contributed by atoms with Gasteiger partial charge in [0.05, 0.1) is 0 Å². The molecule has 0 bridgehead atoms. The van der Waals surface area contributed by atoms with E-state index in [1.807, 2.05) is 11.3 Å². The zero-order chi connectivity index (χ0) is 14.9. The number of nitrogens with one attached hydrogen (secondary N) is 1. The molecule has 4 heteroatoms. The molecule has 0 radical (unpaired) electrons. The summed E-state index contributed by atoms with van der Waals surface area (Å²) in [5.41, 5.74) is 1.52. The largest absolute Gasteiger partial charge is 0.341 e. The lowest BCUT2D eigenvalue weighted by atomic mass is 9.93. The van der Waals surface area contributed by atoms with Crippen LogP contribution in [0.3, 0.4) is 0 Å². The zero-order valence-electron chi connectivity index (χ0n) is 13.2. The number of aryl methyl sites for hydroxylation is 1. The number of hydrogen-bond acceptors (Lipinski definition) is 3. The summed E-state index contributed by atoms with van der Waals surface area (Å²) in [7, 11) is 0. The molecule has 1 aromatic heterocycles. The van der Waals surface area contributed by atoms with Crippen molar-refractivity contribution in [3.05, 3.63) is 21.9 Å². The Morgan fingerprint density at radius 2 is 2.05 bits per heavy atom. The molecule has 1 amide bonds. The number of thiophene rings is 1. The summed E-state index contributed by atoms with van der Waals surface area (Å²) < 4.78 is 0. The van der Waals surface area contributed by atoms with Crippen LogP contribution in [0, 0.1) is 5.92 Å². The van der Waals surface area contributed by atoms with Gasteiger partial charge in [0, 0.05) is 36.0 Å². The monoisotopic (exact) mass is 318 g/mol. The second kappa shape index (κ2) is 6.32. The third-order valence-corrected chi connectivity index (χ3v) is 6.69. The Morgan fingerprint density at radius 3 is 2.91 bits per heavy atom. The lowest BCUT2D eigenvalue weighted by molar-refractivity contribution is -0.134. The first kappa shape index (κ1) is 14.7. The van der Waals surface area contributed by atoms with Crippen LogP contribution in [-0.4, -0.2) is 29.9 Å². The minimum Gasteiger partial charge on any atom is -0.341 e. The van der Waals surface area contributed by atoms with Crippen LogP contribution in [-0.2, 0) is 11.2 Å². The van der Waals surface area contributed by atoms with E-state index in [0.29, 0.717) is 23.9 Å². The predicted molar refractivity (Wildman–Crippen MR) is 90.1 cm³/mol. The molecular weight excluding hydrogens is 292 g/mol. The van der Waals surface area contributed by atoms with Gasteiger partial charge in [0.15, 0.2) is 0 Å². The average Bonchev–Trinajstić information content (AvgIpc) is 3.28. The molecular formula is C18H26N2OS. The molecule has 3 nitrogen and oxygen atoms in total. The van der Waals surface area contributed by atoms with Crippen LogP contribution in [0.15, 0.2) is 11.4 Å². The summed E-state index contributed by atoms with van der Waals surface area (Å²) in [5, 5.41) is 6.08. The van der Waals surface area contributed by atoms with Crippen LogP contribution in [0.4, 0.5) is 0 Å². The van der Waals surface area contributed by atoms with Gasteiger partial charge in [-0.1, -0.05) is 12.8 Å². The quantitative estimate of drug-likeness (QED) is 0.925. The third kappa shape index (κ3) is 2.83. The highest BCUT2D eigenvalue weighted by Crippen LogP contribution is 2.34. The molecule has 1 saturated carbocycles. The Labute approximate surface area is 137 Å². The first-order valence-electron chi connectivity index (χ1n) is 8.92. The summed E-state index contributed by atoms with van der Waals surface area (Å²) in [5.74, 6) is 0.763. The standard InChI is InChI=1S/C18H26N2OS/c21-18(13-4-1-2-5-13)20-10-8-14(12-20)19-16-6-3-7-17-15(16)9-11-22-17/h9,11,13-14,16,19H,1-8,10,12H2/t14-,16+/m1/s1. The van der Waals surface area contributed by atoms with Gasteiger partial charge in [-0.3, -0.25) is 4.79 Å². The predicted octanol–water partition coefficient (Wildman–Crippen LogP) is 3.51. The molecule has 0 aromatic carbocycles. The molecule has 2 atom stereocenters. The van der Waals surface area contributed by atoms with Crippen molar-refractivity contribution >= 4 is 17.2 Å². The molecule has 4 rings (SSSR count). The van der Waals surface area contributed by atoms with E-state index in [0.717, 1.165) is 32.4 Å². The lowest BCUT2D eigenvalue weighted by Gasteiger charge is -2.27. The third-order valence-electron chi connectivity index (χ3n) is 5.69. The fourth-order valence-electron chi connectivity index (χ4n) is 4.47. The molecule has 3 aliphatic rings. The number of hydrogen-bond donors (Lipinski definition) is 1. The van der Waals surface area contributed by atoms with Gasteiger partial charge in [0.1, 0.15) is 0 Å². The van der Waals surface area contributed by atoms with Crippen molar-refractivity contribution < 1.29 is 4.79 Å². The molecule has 120 valence electrons. The molecule has 1 aliphatic heterocycles. The summed E-state index contributed by atoms with van der Waals surface area (Å²) in [6.07, 6.45) is 9.64. The van der Waals surface area contributed by atoms with Gasteiger partial charge in [0.2, 0.25) is 5.91 Å². The van der Waals surface area contributed by atoms with Gasteiger partial charge < -0.3 is 10.2 Å². The minimum atomic E-state index is 0.330. The molecule has 0 unspecified atom stereocenters. The minimum absolute atomic E-state index is 0.330. The number of nitrogens with zero attached hydrogens (tertiary/aromatic N) is 1. The van der Waals surface area contributed by atoms with Crippen LogP contribution >= 0.6 is 11.3 Å². The summed E-state index contributed by atoms with van der Waals surface area (Å²) in [6, 6.07) is 3.30. The van der Waals surface area contributed by atoms with Crippen molar-refractivity contribution in [3.63, 3.8) is 0 Å². The summed E-state index contributed by atoms with van der Waals surface area (Å²) in [4.78, 5) is 16.2. The van der Waals surface area contributed by atoms with Gasteiger partial charge in [-0.25, -0.2) is 0 Å². The van der Waals surface area contributed by atoms with Crippen LogP contribution in [0.2, 0.25) is 0 Å². The van der Waals surface area contributed by atoms with Crippen LogP contribution in [0.1, 0.15) is 61.4 Å². The normalized spacial score (nSPS) is 29.0. The van der Waals surface area contributed by atoms with Gasteiger partial charge in [-0.15, -0.1) is 11.3 Å². The second-order valence-electron chi connectivity index (χ2n) is 7.16. The van der Waals surface area contributed by atoms with E-state index >= 15 is 0 Å². The van der Waals surface area contributed by atoms with Gasteiger partial charge in [-0.05, 0) is 55.5 Å². The fourth-order valence-corrected chi connectivity index (χ4v) is 5.46. The molecule has 2 fully saturated rings. The van der Waals surface area contributed by atoms with Crippen molar-refractivity contribution in [3.8, 4) is 0 Å². The number of fused-ring (bicyclic) bond motifs is 1. The molecule has 22 heavy (non-hydrogen) atoms. The van der Waals surface area contributed by atoms with Crippen LogP contribution in [0.5, 0.6) is 0 Å². The average molecular weight is 318 g/mol. The number of likely N-dealkylation sites (tertiary alicyclic amines) is 1. The number of carbonyl (C=O) groups excluding carboxylic acids is 1. The highest BCUT2D eigenvalue weighted by atomic mass is 32.1. The first-order valence-corrected chi connectivity index (χ1v) is 9.80. The van der Waals surface area contributed by atoms with Crippen molar-refractivity contribution in [2.75, 3.05) is 13.1 Å². The Kier molecular flexibility index (Phi) is 4.23. The van der Waals surface area contributed by atoms with E-state index in [2.05, 4.69) is 21.7 Å². The maximum Gasteiger partial charge on any atom is 0.225 e. The molecule has 0 spiro atoms. The van der Waals surface area contributed by atoms with Gasteiger partial charge in [0.25, 0.3) is 0 Å². The van der Waals surface area contributed by atoms with E-state index in [1.165, 1.54) is 37.7 Å². The molecule has 1 N–H and O–H groups in total. The van der Waals surface area contributed by atoms with E-state index in [1.54, 1.807) is 4.88 Å². The Hall–Kier alpha value is -0.870.